The molecule has 0 heterocycles. The summed E-state index contributed by atoms with van der Waals surface area (Å²) in [6, 6.07) is 16.1. The van der Waals surface area contributed by atoms with Gasteiger partial charge in [0.1, 0.15) is 5.75 Å². The summed E-state index contributed by atoms with van der Waals surface area (Å²) in [7, 11) is 0. The van der Waals surface area contributed by atoms with Gasteiger partial charge in [0, 0.05) is 5.02 Å². The number of rotatable bonds is 7. The normalized spacial score (nSPS) is 11.4. The lowest BCUT2D eigenvalue weighted by Crippen LogP contribution is -2.39. The van der Waals surface area contributed by atoms with Crippen LogP contribution in [0.5, 0.6) is 5.75 Å². The van der Waals surface area contributed by atoms with E-state index in [4.69, 9.17) is 16.3 Å². The Morgan fingerprint density at radius 1 is 1.04 bits per heavy atom. The molecule has 6 heteroatoms. The molecule has 0 aromatic heterocycles. The van der Waals surface area contributed by atoms with E-state index < -0.39 is 0 Å². The van der Waals surface area contributed by atoms with Crippen LogP contribution in [0.2, 0.25) is 5.02 Å². The number of para-hydroxylation sites is 1. The lowest BCUT2D eigenvalue weighted by Gasteiger charge is -2.15. The fraction of sp³-hybridized carbons (Fsp3) is 0.222. The van der Waals surface area contributed by atoms with Crippen molar-refractivity contribution in [2.24, 2.45) is 0 Å². The van der Waals surface area contributed by atoms with Crippen molar-refractivity contribution in [3.63, 3.8) is 0 Å². The van der Waals surface area contributed by atoms with E-state index in [1.165, 1.54) is 0 Å². The van der Waals surface area contributed by atoms with Gasteiger partial charge in [-0.05, 0) is 36.8 Å². The van der Waals surface area contributed by atoms with Crippen molar-refractivity contribution in [1.29, 1.82) is 0 Å². The van der Waals surface area contributed by atoms with Gasteiger partial charge in [-0.25, -0.2) is 0 Å². The molecule has 2 aromatic rings. The van der Waals surface area contributed by atoms with Gasteiger partial charge in [-0.15, -0.1) is 0 Å². The van der Waals surface area contributed by atoms with Crippen molar-refractivity contribution in [2.45, 2.75) is 13.0 Å². The maximum atomic E-state index is 11.9. The molecule has 1 atom stereocenters. The standard InChI is InChI=1S/C18H19ClN2O3/c1-13(14-7-9-15(19)10-8-14)21-17(22)11-20-18(23)12-24-16-5-3-2-4-6-16/h2-10,13H,11-12H2,1H3,(H,20,23)(H,21,22)/t13-/m0/s1. The highest BCUT2D eigenvalue weighted by Crippen LogP contribution is 2.15. The molecule has 24 heavy (non-hydrogen) atoms. The summed E-state index contributed by atoms with van der Waals surface area (Å²) in [6.45, 7) is 1.63. The molecule has 0 fully saturated rings. The van der Waals surface area contributed by atoms with E-state index in [1.807, 2.05) is 37.3 Å². The Morgan fingerprint density at radius 3 is 2.38 bits per heavy atom. The summed E-state index contributed by atoms with van der Waals surface area (Å²) in [5.74, 6) is -0.0212. The Morgan fingerprint density at radius 2 is 1.71 bits per heavy atom. The van der Waals surface area contributed by atoms with E-state index in [0.717, 1.165) is 5.56 Å². The van der Waals surface area contributed by atoms with Crippen LogP contribution in [-0.4, -0.2) is 25.0 Å². The average molecular weight is 347 g/mol. The molecule has 126 valence electrons. The Hall–Kier alpha value is -2.53. The number of ether oxygens (including phenoxy) is 1. The average Bonchev–Trinajstić information content (AvgIpc) is 2.59. The first-order valence-corrected chi connectivity index (χ1v) is 7.92. The van der Waals surface area contributed by atoms with E-state index >= 15 is 0 Å². The summed E-state index contributed by atoms with van der Waals surface area (Å²) in [5, 5.41) is 5.97. The van der Waals surface area contributed by atoms with Crippen molar-refractivity contribution in [2.75, 3.05) is 13.2 Å². The molecular weight excluding hydrogens is 328 g/mol. The molecule has 0 spiro atoms. The molecule has 0 aliphatic carbocycles. The number of hydrogen-bond acceptors (Lipinski definition) is 3. The first-order chi connectivity index (χ1) is 11.5. The zero-order valence-corrected chi connectivity index (χ0v) is 14.0. The SMILES string of the molecule is C[C@H](NC(=O)CNC(=O)COc1ccccc1)c1ccc(Cl)cc1. The van der Waals surface area contributed by atoms with E-state index in [2.05, 4.69) is 10.6 Å². The Balaban J connectivity index is 1.70. The lowest BCUT2D eigenvalue weighted by atomic mass is 10.1. The van der Waals surface area contributed by atoms with Gasteiger partial charge in [-0.3, -0.25) is 9.59 Å². The van der Waals surface area contributed by atoms with Gasteiger partial charge in [-0.2, -0.15) is 0 Å². The highest BCUT2D eigenvalue weighted by molar-refractivity contribution is 6.30. The largest absolute Gasteiger partial charge is 0.484 e. The van der Waals surface area contributed by atoms with Crippen LogP contribution in [-0.2, 0) is 9.59 Å². The molecule has 2 rings (SSSR count). The van der Waals surface area contributed by atoms with Crippen LogP contribution in [0.25, 0.3) is 0 Å². The number of amides is 2. The van der Waals surface area contributed by atoms with Gasteiger partial charge in [0.2, 0.25) is 5.91 Å². The fourth-order valence-electron chi connectivity index (χ4n) is 2.02. The summed E-state index contributed by atoms with van der Waals surface area (Å²) in [4.78, 5) is 23.6. The predicted octanol–water partition coefficient (Wildman–Crippen LogP) is 2.71. The molecule has 2 aromatic carbocycles. The number of carbonyl (C=O) groups is 2. The van der Waals surface area contributed by atoms with Gasteiger partial charge in [0.05, 0.1) is 12.6 Å². The Kier molecular flexibility index (Phi) is 6.63. The number of carbonyl (C=O) groups excluding carboxylic acids is 2. The lowest BCUT2D eigenvalue weighted by molar-refractivity contribution is -0.127. The van der Waals surface area contributed by atoms with E-state index in [1.54, 1.807) is 24.3 Å². The number of halogens is 1. The smallest absolute Gasteiger partial charge is 0.258 e. The van der Waals surface area contributed by atoms with Crippen molar-refractivity contribution in [3.05, 3.63) is 65.2 Å². The van der Waals surface area contributed by atoms with Crippen LogP contribution in [0.4, 0.5) is 0 Å². The zero-order valence-electron chi connectivity index (χ0n) is 13.3. The second-order valence-corrected chi connectivity index (χ2v) is 5.66. The molecular formula is C18H19ClN2O3. The minimum atomic E-state index is -0.354. The third-order valence-corrected chi connectivity index (χ3v) is 3.56. The Labute approximate surface area is 146 Å². The molecule has 2 amide bonds. The molecule has 0 bridgehead atoms. The first kappa shape index (κ1) is 17.8. The van der Waals surface area contributed by atoms with Crippen LogP contribution in [0, 0.1) is 0 Å². The maximum absolute atomic E-state index is 11.9. The van der Waals surface area contributed by atoms with E-state index in [0.29, 0.717) is 10.8 Å². The van der Waals surface area contributed by atoms with Crippen LogP contribution < -0.4 is 15.4 Å². The third kappa shape index (κ3) is 5.93. The number of nitrogens with one attached hydrogen (secondary N) is 2. The molecule has 0 saturated carbocycles. The first-order valence-electron chi connectivity index (χ1n) is 7.54. The third-order valence-electron chi connectivity index (χ3n) is 3.31. The molecule has 0 saturated heterocycles. The molecule has 0 unspecified atom stereocenters. The van der Waals surface area contributed by atoms with E-state index in [-0.39, 0.29) is 31.0 Å². The van der Waals surface area contributed by atoms with Crippen molar-refractivity contribution in [1.82, 2.24) is 10.6 Å². The maximum Gasteiger partial charge on any atom is 0.258 e. The molecule has 0 radical (unpaired) electrons. The molecule has 2 N–H and O–H groups in total. The number of benzene rings is 2. The predicted molar refractivity (Wildman–Crippen MR) is 93.0 cm³/mol. The van der Waals surface area contributed by atoms with Crippen LogP contribution in [0.1, 0.15) is 18.5 Å². The summed E-state index contributed by atoms with van der Waals surface area (Å²) in [5.41, 5.74) is 0.937. The van der Waals surface area contributed by atoms with Gasteiger partial charge in [0.25, 0.3) is 5.91 Å². The second-order valence-electron chi connectivity index (χ2n) is 5.22. The monoisotopic (exact) mass is 346 g/mol. The Bertz CT molecular complexity index is 674. The van der Waals surface area contributed by atoms with Crippen LogP contribution >= 0.6 is 11.6 Å². The topological polar surface area (TPSA) is 67.4 Å². The van der Waals surface area contributed by atoms with Gasteiger partial charge >= 0.3 is 0 Å². The van der Waals surface area contributed by atoms with Crippen molar-refractivity contribution >= 4 is 23.4 Å². The minimum Gasteiger partial charge on any atom is -0.484 e. The van der Waals surface area contributed by atoms with Gasteiger partial charge in [-0.1, -0.05) is 41.9 Å². The van der Waals surface area contributed by atoms with Gasteiger partial charge in [0.15, 0.2) is 6.61 Å². The van der Waals surface area contributed by atoms with Gasteiger partial charge < -0.3 is 15.4 Å². The highest BCUT2D eigenvalue weighted by atomic mass is 35.5. The van der Waals surface area contributed by atoms with Crippen LogP contribution in [0.3, 0.4) is 0 Å². The highest BCUT2D eigenvalue weighted by Gasteiger charge is 2.11. The fourth-order valence-corrected chi connectivity index (χ4v) is 2.15. The van der Waals surface area contributed by atoms with Crippen molar-refractivity contribution < 1.29 is 14.3 Å². The second kappa shape index (κ2) is 8.93. The van der Waals surface area contributed by atoms with E-state index in [9.17, 15) is 9.59 Å². The minimum absolute atomic E-state index is 0.102. The number of hydrogen-bond donors (Lipinski definition) is 2. The molecule has 5 nitrogen and oxygen atoms in total. The van der Waals surface area contributed by atoms with Crippen LogP contribution in [0.15, 0.2) is 54.6 Å². The summed E-state index contributed by atoms with van der Waals surface area (Å²) < 4.78 is 5.31. The molecule has 0 aliphatic heterocycles. The summed E-state index contributed by atoms with van der Waals surface area (Å²) >= 11 is 5.83. The quantitative estimate of drug-likeness (QED) is 0.810. The summed E-state index contributed by atoms with van der Waals surface area (Å²) in [6.07, 6.45) is 0. The molecule has 0 aliphatic rings. The zero-order chi connectivity index (χ0) is 17.4. The van der Waals surface area contributed by atoms with Crippen molar-refractivity contribution in [3.8, 4) is 5.75 Å².